The van der Waals surface area contributed by atoms with Gasteiger partial charge >= 0.3 is 0 Å². The highest BCUT2D eigenvalue weighted by Crippen LogP contribution is 2.26. The molecule has 1 aromatic heterocycles. The van der Waals surface area contributed by atoms with Gasteiger partial charge in [-0.2, -0.15) is 0 Å². The lowest BCUT2D eigenvalue weighted by molar-refractivity contribution is 0.112. The molecular formula is C9H5ClO2. The molecule has 0 aliphatic rings. The summed E-state index contributed by atoms with van der Waals surface area (Å²) in [5, 5.41) is 2.14. The average molecular weight is 181 g/mol. The standard InChI is InChI=1S/C9H5ClO2/c10-9-6(3-11)1-2-7-4-12-5-8(7)9/h1-5H. The third-order valence-electron chi connectivity index (χ3n) is 1.75. The molecule has 0 fully saturated rings. The molecule has 60 valence electrons. The highest BCUT2D eigenvalue weighted by Gasteiger charge is 2.05. The smallest absolute Gasteiger partial charge is 0.151 e. The molecule has 0 unspecified atom stereocenters. The zero-order chi connectivity index (χ0) is 8.55. The van der Waals surface area contributed by atoms with Gasteiger partial charge in [-0.05, 0) is 6.07 Å². The number of hydrogen-bond acceptors (Lipinski definition) is 2. The molecule has 12 heavy (non-hydrogen) atoms. The first-order valence-electron chi connectivity index (χ1n) is 3.42. The Morgan fingerprint density at radius 3 is 2.92 bits per heavy atom. The van der Waals surface area contributed by atoms with Crippen LogP contribution in [0.5, 0.6) is 0 Å². The van der Waals surface area contributed by atoms with E-state index in [2.05, 4.69) is 0 Å². The molecule has 2 rings (SSSR count). The zero-order valence-corrected chi connectivity index (χ0v) is 6.84. The van der Waals surface area contributed by atoms with Crippen molar-refractivity contribution >= 4 is 28.7 Å². The van der Waals surface area contributed by atoms with Crippen LogP contribution in [0.3, 0.4) is 0 Å². The Hall–Kier alpha value is -1.28. The number of furan rings is 1. The van der Waals surface area contributed by atoms with E-state index in [1.807, 2.05) is 0 Å². The molecule has 0 saturated heterocycles. The van der Waals surface area contributed by atoms with Gasteiger partial charge in [0.1, 0.15) is 0 Å². The van der Waals surface area contributed by atoms with E-state index in [9.17, 15) is 4.79 Å². The molecule has 0 spiro atoms. The first kappa shape index (κ1) is 7.37. The van der Waals surface area contributed by atoms with Crippen LogP contribution in [0, 0.1) is 0 Å². The van der Waals surface area contributed by atoms with E-state index >= 15 is 0 Å². The third kappa shape index (κ3) is 0.924. The molecule has 3 heteroatoms. The maximum Gasteiger partial charge on any atom is 0.151 e. The van der Waals surface area contributed by atoms with Gasteiger partial charge in [0.25, 0.3) is 0 Å². The summed E-state index contributed by atoms with van der Waals surface area (Å²) in [6.45, 7) is 0. The SMILES string of the molecule is O=Cc1ccc2cocc2c1Cl. The molecule has 2 nitrogen and oxygen atoms in total. The first-order chi connectivity index (χ1) is 5.83. The van der Waals surface area contributed by atoms with E-state index in [4.69, 9.17) is 16.0 Å². The topological polar surface area (TPSA) is 30.2 Å². The minimum atomic E-state index is 0.455. The fourth-order valence-electron chi connectivity index (χ4n) is 1.11. The van der Waals surface area contributed by atoms with Crippen molar-refractivity contribution in [1.29, 1.82) is 0 Å². The average Bonchev–Trinajstić information content (AvgIpc) is 2.53. The van der Waals surface area contributed by atoms with E-state index < -0.39 is 0 Å². The quantitative estimate of drug-likeness (QED) is 0.632. The van der Waals surface area contributed by atoms with Crippen LogP contribution in [0.25, 0.3) is 10.8 Å². The lowest BCUT2D eigenvalue weighted by Crippen LogP contribution is -1.80. The van der Waals surface area contributed by atoms with Crippen LogP contribution in [0.15, 0.2) is 29.1 Å². The predicted octanol–water partition coefficient (Wildman–Crippen LogP) is 2.90. The van der Waals surface area contributed by atoms with Gasteiger partial charge in [-0.25, -0.2) is 0 Å². The molecule has 0 atom stereocenters. The second-order valence-electron chi connectivity index (χ2n) is 2.46. The Balaban J connectivity index is 2.86. The molecule has 0 aliphatic carbocycles. The van der Waals surface area contributed by atoms with Gasteiger partial charge < -0.3 is 4.42 Å². The fraction of sp³-hybridized carbons (Fsp3) is 0. The van der Waals surface area contributed by atoms with Gasteiger partial charge in [-0.1, -0.05) is 17.7 Å². The van der Waals surface area contributed by atoms with Crippen molar-refractivity contribution in [2.24, 2.45) is 0 Å². The molecule has 0 N–H and O–H groups in total. The maximum atomic E-state index is 10.5. The van der Waals surface area contributed by atoms with Crippen molar-refractivity contribution in [2.75, 3.05) is 0 Å². The Labute approximate surface area is 73.7 Å². The van der Waals surface area contributed by atoms with Crippen LogP contribution in [0.2, 0.25) is 5.02 Å². The van der Waals surface area contributed by atoms with Crippen molar-refractivity contribution in [1.82, 2.24) is 0 Å². The maximum absolute atomic E-state index is 10.5. The van der Waals surface area contributed by atoms with Gasteiger partial charge in [0, 0.05) is 16.3 Å². The van der Waals surface area contributed by atoms with Crippen LogP contribution < -0.4 is 0 Å². The minimum Gasteiger partial charge on any atom is -0.471 e. The van der Waals surface area contributed by atoms with E-state index in [1.165, 1.54) is 6.26 Å². The van der Waals surface area contributed by atoms with Crippen molar-refractivity contribution in [2.45, 2.75) is 0 Å². The summed E-state index contributed by atoms with van der Waals surface area (Å²) in [6.07, 6.45) is 3.86. The predicted molar refractivity (Wildman–Crippen MR) is 46.6 cm³/mol. The lowest BCUT2D eigenvalue weighted by atomic mass is 10.1. The van der Waals surface area contributed by atoms with E-state index in [0.29, 0.717) is 10.6 Å². The summed E-state index contributed by atoms with van der Waals surface area (Å²) in [6, 6.07) is 3.47. The van der Waals surface area contributed by atoms with Crippen LogP contribution in [0.4, 0.5) is 0 Å². The van der Waals surface area contributed by atoms with E-state index in [-0.39, 0.29) is 0 Å². The van der Waals surface area contributed by atoms with Gasteiger partial charge in [0.2, 0.25) is 0 Å². The largest absolute Gasteiger partial charge is 0.471 e. The summed E-state index contributed by atoms with van der Waals surface area (Å²) in [5.74, 6) is 0. The molecule has 2 aromatic rings. The summed E-state index contributed by atoms with van der Waals surface area (Å²) < 4.78 is 4.94. The molecule has 1 heterocycles. The minimum absolute atomic E-state index is 0.455. The van der Waals surface area contributed by atoms with E-state index in [1.54, 1.807) is 18.4 Å². The Morgan fingerprint density at radius 1 is 1.33 bits per heavy atom. The van der Waals surface area contributed by atoms with Gasteiger partial charge in [0.05, 0.1) is 17.5 Å². The Kier molecular flexibility index (Phi) is 1.62. The van der Waals surface area contributed by atoms with Crippen molar-refractivity contribution in [3.63, 3.8) is 0 Å². The normalized spacial score (nSPS) is 10.4. The van der Waals surface area contributed by atoms with Gasteiger partial charge in [-0.3, -0.25) is 4.79 Å². The van der Waals surface area contributed by atoms with Crippen LogP contribution in [-0.2, 0) is 0 Å². The summed E-state index contributed by atoms with van der Waals surface area (Å²) in [5.41, 5.74) is 0.491. The van der Waals surface area contributed by atoms with E-state index in [0.717, 1.165) is 17.1 Å². The third-order valence-corrected chi connectivity index (χ3v) is 2.17. The highest BCUT2D eigenvalue weighted by atomic mass is 35.5. The zero-order valence-electron chi connectivity index (χ0n) is 6.08. The molecular weight excluding hydrogens is 176 g/mol. The fourth-order valence-corrected chi connectivity index (χ4v) is 1.37. The van der Waals surface area contributed by atoms with Gasteiger partial charge in [-0.15, -0.1) is 0 Å². The lowest BCUT2D eigenvalue weighted by Gasteiger charge is -1.95. The number of carbonyl (C=O) groups excluding carboxylic acids is 1. The van der Waals surface area contributed by atoms with Gasteiger partial charge in [0.15, 0.2) is 6.29 Å². The summed E-state index contributed by atoms with van der Waals surface area (Å²) >= 11 is 5.89. The van der Waals surface area contributed by atoms with Crippen molar-refractivity contribution in [3.05, 3.63) is 35.2 Å². The number of hydrogen-bond donors (Lipinski definition) is 0. The van der Waals surface area contributed by atoms with Crippen LogP contribution in [-0.4, -0.2) is 6.29 Å². The Bertz CT molecular complexity index is 431. The molecule has 0 bridgehead atoms. The summed E-state index contributed by atoms with van der Waals surface area (Å²) in [7, 11) is 0. The second kappa shape index (κ2) is 2.64. The number of aldehydes is 1. The molecule has 1 aromatic carbocycles. The first-order valence-corrected chi connectivity index (χ1v) is 3.80. The van der Waals surface area contributed by atoms with Crippen LogP contribution in [0.1, 0.15) is 10.4 Å². The number of benzene rings is 1. The number of fused-ring (bicyclic) bond motifs is 1. The molecule has 0 aliphatic heterocycles. The number of halogens is 1. The second-order valence-corrected chi connectivity index (χ2v) is 2.84. The monoisotopic (exact) mass is 180 g/mol. The van der Waals surface area contributed by atoms with Crippen molar-refractivity contribution < 1.29 is 9.21 Å². The number of rotatable bonds is 1. The Morgan fingerprint density at radius 2 is 2.17 bits per heavy atom. The molecule has 0 radical (unpaired) electrons. The highest BCUT2D eigenvalue weighted by molar-refractivity contribution is 6.37. The number of carbonyl (C=O) groups is 1. The van der Waals surface area contributed by atoms with Crippen LogP contribution >= 0.6 is 11.6 Å². The molecule has 0 saturated carbocycles. The molecule has 0 amide bonds. The van der Waals surface area contributed by atoms with Crippen molar-refractivity contribution in [3.8, 4) is 0 Å². The summed E-state index contributed by atoms with van der Waals surface area (Å²) in [4.78, 5) is 10.5.